The van der Waals surface area contributed by atoms with Crippen LogP contribution in [0.15, 0.2) is 12.1 Å². The van der Waals surface area contributed by atoms with Crippen LogP contribution in [-0.4, -0.2) is 46.4 Å². The zero-order chi connectivity index (χ0) is 13.8. The molecule has 1 heterocycles. The van der Waals surface area contributed by atoms with E-state index in [1.165, 1.54) is 6.07 Å². The molecule has 1 saturated heterocycles. The number of phenols is 3. The van der Waals surface area contributed by atoms with Crippen molar-refractivity contribution >= 4 is 0 Å². The van der Waals surface area contributed by atoms with E-state index in [0.717, 1.165) is 39.0 Å². The summed E-state index contributed by atoms with van der Waals surface area (Å²) in [6, 6.07) is 3.22. The Morgan fingerprint density at radius 3 is 2.47 bits per heavy atom. The molecule has 5 heteroatoms. The van der Waals surface area contributed by atoms with E-state index >= 15 is 0 Å². The summed E-state index contributed by atoms with van der Waals surface area (Å²) in [5.41, 5.74) is 0.694. The summed E-state index contributed by atoms with van der Waals surface area (Å²) in [6.45, 7) is 5.82. The Kier molecular flexibility index (Phi) is 4.50. The van der Waals surface area contributed by atoms with E-state index in [1.54, 1.807) is 6.07 Å². The molecular formula is C14H22N2O3. The minimum atomic E-state index is -0.422. The highest BCUT2D eigenvalue weighted by molar-refractivity contribution is 5.54. The van der Waals surface area contributed by atoms with Crippen molar-refractivity contribution < 1.29 is 15.3 Å². The maximum absolute atomic E-state index is 10.1. The fraction of sp³-hybridized carbons (Fsp3) is 0.571. The number of hydrogen-bond acceptors (Lipinski definition) is 5. The van der Waals surface area contributed by atoms with Gasteiger partial charge in [0.15, 0.2) is 11.5 Å². The molecule has 1 aliphatic heterocycles. The van der Waals surface area contributed by atoms with Crippen LogP contribution in [0.2, 0.25) is 0 Å². The van der Waals surface area contributed by atoms with Gasteiger partial charge in [0.2, 0.25) is 5.75 Å². The van der Waals surface area contributed by atoms with Gasteiger partial charge in [0.25, 0.3) is 0 Å². The summed E-state index contributed by atoms with van der Waals surface area (Å²) < 4.78 is 0. The van der Waals surface area contributed by atoms with E-state index in [-0.39, 0.29) is 17.5 Å². The minimum absolute atomic E-state index is 0.0820. The molecule has 0 saturated carbocycles. The van der Waals surface area contributed by atoms with Crippen molar-refractivity contribution in [1.29, 1.82) is 0 Å². The molecule has 0 amide bonds. The highest BCUT2D eigenvalue weighted by Gasteiger charge is 2.25. The molecule has 0 aliphatic carbocycles. The number of nitrogens with one attached hydrogen (secondary N) is 1. The van der Waals surface area contributed by atoms with Gasteiger partial charge < -0.3 is 20.6 Å². The van der Waals surface area contributed by atoms with Gasteiger partial charge in [-0.25, -0.2) is 0 Å². The standard InChI is InChI=1S/C14H22N2O3/c1-2-3-11(16-8-6-15-7-9-16)10-4-5-12(17)14(19)13(10)18/h4-5,11,15,17-19H,2-3,6-9H2,1H3/t11-/m1/s1. The number of hydrogen-bond donors (Lipinski definition) is 4. The van der Waals surface area contributed by atoms with Gasteiger partial charge in [-0.05, 0) is 18.6 Å². The Balaban J connectivity index is 2.30. The third-order valence-electron chi connectivity index (χ3n) is 3.67. The summed E-state index contributed by atoms with van der Waals surface area (Å²) in [4.78, 5) is 2.31. The molecule has 0 spiro atoms. The summed E-state index contributed by atoms with van der Waals surface area (Å²) in [6.07, 6.45) is 1.91. The molecule has 0 aromatic heterocycles. The van der Waals surface area contributed by atoms with Crippen LogP contribution in [-0.2, 0) is 0 Å². The Hall–Kier alpha value is -1.46. The molecule has 0 radical (unpaired) electrons. The number of piperazine rings is 1. The molecule has 0 unspecified atom stereocenters. The van der Waals surface area contributed by atoms with Crippen molar-refractivity contribution in [2.24, 2.45) is 0 Å². The summed E-state index contributed by atoms with van der Waals surface area (Å²) in [5, 5.41) is 32.4. The maximum Gasteiger partial charge on any atom is 0.200 e. The number of rotatable bonds is 4. The van der Waals surface area contributed by atoms with Crippen molar-refractivity contribution in [2.75, 3.05) is 26.2 Å². The predicted octanol–water partition coefficient (Wildman–Crippen LogP) is 1.55. The fourth-order valence-corrected chi connectivity index (χ4v) is 2.66. The van der Waals surface area contributed by atoms with Crippen LogP contribution in [0.5, 0.6) is 17.2 Å². The second kappa shape index (κ2) is 6.12. The van der Waals surface area contributed by atoms with E-state index in [9.17, 15) is 15.3 Å². The van der Waals surface area contributed by atoms with Crippen molar-refractivity contribution in [2.45, 2.75) is 25.8 Å². The lowest BCUT2D eigenvalue weighted by Gasteiger charge is -2.35. The molecule has 1 atom stereocenters. The third-order valence-corrected chi connectivity index (χ3v) is 3.67. The Morgan fingerprint density at radius 1 is 1.16 bits per heavy atom. The van der Waals surface area contributed by atoms with E-state index < -0.39 is 5.75 Å². The second-order valence-corrected chi connectivity index (χ2v) is 4.96. The molecule has 2 rings (SSSR count). The van der Waals surface area contributed by atoms with E-state index in [0.29, 0.717) is 5.56 Å². The maximum atomic E-state index is 10.1. The molecule has 106 valence electrons. The summed E-state index contributed by atoms with van der Waals surface area (Å²) in [5.74, 6) is -0.900. The zero-order valence-corrected chi connectivity index (χ0v) is 11.3. The largest absolute Gasteiger partial charge is 0.504 e. The van der Waals surface area contributed by atoms with Crippen LogP contribution in [0.4, 0.5) is 0 Å². The topological polar surface area (TPSA) is 76.0 Å². The van der Waals surface area contributed by atoms with Gasteiger partial charge in [-0.15, -0.1) is 0 Å². The Bertz CT molecular complexity index is 431. The lowest BCUT2D eigenvalue weighted by molar-refractivity contribution is 0.161. The average Bonchev–Trinajstić information content (AvgIpc) is 2.44. The third kappa shape index (κ3) is 2.93. The van der Waals surface area contributed by atoms with Crippen molar-refractivity contribution in [1.82, 2.24) is 10.2 Å². The molecule has 1 aromatic rings. The number of nitrogens with zero attached hydrogens (tertiary/aromatic N) is 1. The number of aromatic hydroxyl groups is 3. The molecule has 19 heavy (non-hydrogen) atoms. The average molecular weight is 266 g/mol. The lowest BCUT2D eigenvalue weighted by Crippen LogP contribution is -2.45. The number of benzene rings is 1. The fourth-order valence-electron chi connectivity index (χ4n) is 2.66. The lowest BCUT2D eigenvalue weighted by atomic mass is 9.98. The van der Waals surface area contributed by atoms with E-state index in [4.69, 9.17) is 0 Å². The minimum Gasteiger partial charge on any atom is -0.504 e. The van der Waals surface area contributed by atoms with Gasteiger partial charge in [-0.2, -0.15) is 0 Å². The van der Waals surface area contributed by atoms with Gasteiger partial charge in [-0.1, -0.05) is 13.3 Å². The first-order valence-electron chi connectivity index (χ1n) is 6.83. The molecule has 0 bridgehead atoms. The molecular weight excluding hydrogens is 244 g/mol. The quantitative estimate of drug-likeness (QED) is 0.622. The zero-order valence-electron chi connectivity index (χ0n) is 11.3. The van der Waals surface area contributed by atoms with Crippen LogP contribution in [0, 0.1) is 0 Å². The van der Waals surface area contributed by atoms with Gasteiger partial charge in [-0.3, -0.25) is 4.90 Å². The normalized spacial score (nSPS) is 18.4. The van der Waals surface area contributed by atoms with Gasteiger partial charge in [0, 0.05) is 37.8 Å². The monoisotopic (exact) mass is 266 g/mol. The van der Waals surface area contributed by atoms with Crippen LogP contribution >= 0.6 is 0 Å². The smallest absolute Gasteiger partial charge is 0.200 e. The van der Waals surface area contributed by atoms with Crippen molar-refractivity contribution in [3.05, 3.63) is 17.7 Å². The van der Waals surface area contributed by atoms with Crippen LogP contribution in [0.3, 0.4) is 0 Å². The molecule has 5 nitrogen and oxygen atoms in total. The summed E-state index contributed by atoms with van der Waals surface area (Å²) >= 11 is 0. The molecule has 1 aliphatic rings. The van der Waals surface area contributed by atoms with Crippen molar-refractivity contribution in [3.8, 4) is 17.2 Å². The second-order valence-electron chi connectivity index (χ2n) is 4.96. The van der Waals surface area contributed by atoms with Gasteiger partial charge in [0.05, 0.1) is 0 Å². The first-order chi connectivity index (χ1) is 9.15. The SMILES string of the molecule is CCC[C@H](c1ccc(O)c(O)c1O)N1CCNCC1. The van der Waals surface area contributed by atoms with Crippen LogP contribution in [0.25, 0.3) is 0 Å². The van der Waals surface area contributed by atoms with Crippen molar-refractivity contribution in [3.63, 3.8) is 0 Å². The summed E-state index contributed by atoms with van der Waals surface area (Å²) in [7, 11) is 0. The molecule has 4 N–H and O–H groups in total. The molecule has 1 fully saturated rings. The van der Waals surface area contributed by atoms with Gasteiger partial charge in [0.1, 0.15) is 0 Å². The Morgan fingerprint density at radius 2 is 1.84 bits per heavy atom. The highest BCUT2D eigenvalue weighted by Crippen LogP contribution is 2.42. The number of phenolic OH excluding ortho intramolecular Hbond substituents is 3. The van der Waals surface area contributed by atoms with Crippen LogP contribution in [0.1, 0.15) is 31.4 Å². The van der Waals surface area contributed by atoms with E-state index in [1.807, 2.05) is 0 Å². The molecule has 1 aromatic carbocycles. The highest BCUT2D eigenvalue weighted by atomic mass is 16.3. The predicted molar refractivity (Wildman–Crippen MR) is 73.5 cm³/mol. The first-order valence-corrected chi connectivity index (χ1v) is 6.83. The first kappa shape index (κ1) is 14.0. The van der Waals surface area contributed by atoms with E-state index in [2.05, 4.69) is 17.1 Å². The Labute approximate surface area is 113 Å². The van der Waals surface area contributed by atoms with Gasteiger partial charge >= 0.3 is 0 Å². The van der Waals surface area contributed by atoms with Crippen LogP contribution < -0.4 is 5.32 Å².